The quantitative estimate of drug-likeness (QED) is 0.613. The fraction of sp³-hybridized carbons (Fsp3) is 0.400. The van der Waals surface area contributed by atoms with Gasteiger partial charge in [-0.05, 0) is 6.92 Å². The zero-order chi connectivity index (χ0) is 8.27. The van der Waals surface area contributed by atoms with E-state index in [9.17, 15) is 4.79 Å². The SMILES string of the molecule is CCOC(=O)c1ncn(Cl)n1. The summed E-state index contributed by atoms with van der Waals surface area (Å²) < 4.78 is 5.53. The lowest BCUT2D eigenvalue weighted by Gasteiger charge is -1.93. The molecule has 0 saturated heterocycles. The zero-order valence-corrected chi connectivity index (χ0v) is 6.58. The summed E-state index contributed by atoms with van der Waals surface area (Å²) in [5.41, 5.74) is 0. The Morgan fingerprint density at radius 2 is 2.64 bits per heavy atom. The van der Waals surface area contributed by atoms with Gasteiger partial charge in [0.05, 0.1) is 6.61 Å². The Balaban J connectivity index is 2.69. The van der Waals surface area contributed by atoms with E-state index >= 15 is 0 Å². The third-order valence-electron chi connectivity index (χ3n) is 0.924. The molecule has 1 heterocycles. The van der Waals surface area contributed by atoms with E-state index in [1.54, 1.807) is 6.92 Å². The van der Waals surface area contributed by atoms with Gasteiger partial charge in [0.1, 0.15) is 6.33 Å². The first-order valence-corrected chi connectivity index (χ1v) is 3.32. The van der Waals surface area contributed by atoms with E-state index in [2.05, 4.69) is 14.8 Å². The highest BCUT2D eigenvalue weighted by atomic mass is 35.5. The van der Waals surface area contributed by atoms with Crippen LogP contribution in [0.2, 0.25) is 0 Å². The minimum Gasteiger partial charge on any atom is -0.460 e. The molecule has 0 aromatic carbocycles. The summed E-state index contributed by atoms with van der Waals surface area (Å²) in [6.45, 7) is 2.01. The van der Waals surface area contributed by atoms with Gasteiger partial charge in [0.25, 0.3) is 5.82 Å². The Morgan fingerprint density at radius 3 is 3.09 bits per heavy atom. The Hall–Kier alpha value is -1.10. The summed E-state index contributed by atoms with van der Waals surface area (Å²) >= 11 is 5.34. The Labute approximate surface area is 68.0 Å². The van der Waals surface area contributed by atoms with E-state index < -0.39 is 5.97 Å². The lowest BCUT2D eigenvalue weighted by molar-refractivity contribution is 0.0512. The van der Waals surface area contributed by atoms with Crippen LogP contribution in [0.5, 0.6) is 0 Å². The number of rotatable bonds is 2. The smallest absolute Gasteiger partial charge is 0.378 e. The number of hydrogen-bond acceptors (Lipinski definition) is 4. The predicted molar refractivity (Wildman–Crippen MR) is 37.2 cm³/mol. The molecule has 0 aliphatic rings. The number of carbonyl (C=O) groups excluding carboxylic acids is 1. The fourth-order valence-corrected chi connectivity index (χ4v) is 0.649. The highest BCUT2D eigenvalue weighted by Gasteiger charge is 2.10. The van der Waals surface area contributed by atoms with E-state index in [0.717, 1.165) is 4.20 Å². The number of hydrogen-bond donors (Lipinski definition) is 0. The molecule has 0 aliphatic carbocycles. The van der Waals surface area contributed by atoms with E-state index in [0.29, 0.717) is 6.61 Å². The largest absolute Gasteiger partial charge is 0.460 e. The molecular formula is C5H6ClN3O2. The Kier molecular flexibility index (Phi) is 2.43. The van der Waals surface area contributed by atoms with Crippen molar-refractivity contribution < 1.29 is 9.53 Å². The first-order chi connectivity index (χ1) is 5.24. The van der Waals surface area contributed by atoms with Gasteiger partial charge >= 0.3 is 5.97 Å². The zero-order valence-electron chi connectivity index (χ0n) is 5.82. The van der Waals surface area contributed by atoms with Crippen molar-refractivity contribution in [3.05, 3.63) is 12.2 Å². The maximum absolute atomic E-state index is 10.8. The topological polar surface area (TPSA) is 57.0 Å². The Morgan fingerprint density at radius 1 is 1.91 bits per heavy atom. The normalized spacial score (nSPS) is 9.64. The van der Waals surface area contributed by atoms with Gasteiger partial charge in [-0.25, -0.2) is 9.78 Å². The molecule has 0 spiro atoms. The van der Waals surface area contributed by atoms with Crippen molar-refractivity contribution >= 4 is 17.7 Å². The van der Waals surface area contributed by atoms with Crippen LogP contribution in [0.1, 0.15) is 17.5 Å². The second kappa shape index (κ2) is 3.34. The van der Waals surface area contributed by atoms with Crippen molar-refractivity contribution in [2.75, 3.05) is 6.61 Å². The van der Waals surface area contributed by atoms with Crippen molar-refractivity contribution in [3.63, 3.8) is 0 Å². The molecule has 11 heavy (non-hydrogen) atoms. The molecule has 0 saturated carbocycles. The van der Waals surface area contributed by atoms with E-state index in [1.807, 2.05) is 0 Å². The van der Waals surface area contributed by atoms with Gasteiger partial charge < -0.3 is 4.74 Å². The van der Waals surface area contributed by atoms with E-state index in [-0.39, 0.29) is 5.82 Å². The van der Waals surface area contributed by atoms with Crippen LogP contribution in [-0.4, -0.2) is 26.9 Å². The lowest BCUT2D eigenvalue weighted by atomic mass is 10.6. The first-order valence-electron chi connectivity index (χ1n) is 2.99. The standard InChI is InChI=1S/C5H6ClN3O2/c1-2-11-5(10)4-7-3-9(6)8-4/h3H,2H2,1H3. The van der Waals surface area contributed by atoms with Crippen molar-refractivity contribution in [2.24, 2.45) is 0 Å². The molecule has 0 aliphatic heterocycles. The highest BCUT2D eigenvalue weighted by Crippen LogP contribution is 1.93. The van der Waals surface area contributed by atoms with E-state index in [1.165, 1.54) is 6.33 Å². The van der Waals surface area contributed by atoms with E-state index in [4.69, 9.17) is 11.8 Å². The molecule has 0 fully saturated rings. The minimum atomic E-state index is -0.563. The van der Waals surface area contributed by atoms with Crippen LogP contribution in [-0.2, 0) is 4.74 Å². The summed E-state index contributed by atoms with van der Waals surface area (Å²) in [5, 5.41) is 3.53. The average Bonchev–Trinajstić information content (AvgIpc) is 2.36. The molecule has 0 atom stereocenters. The van der Waals surface area contributed by atoms with Gasteiger partial charge in [-0.2, -0.15) is 4.20 Å². The van der Waals surface area contributed by atoms with Crippen molar-refractivity contribution in [3.8, 4) is 0 Å². The summed E-state index contributed by atoms with van der Waals surface area (Å²) in [6, 6.07) is 0. The molecule has 60 valence electrons. The van der Waals surface area contributed by atoms with Gasteiger partial charge in [0.2, 0.25) is 0 Å². The molecule has 0 bridgehead atoms. The second-order valence-electron chi connectivity index (χ2n) is 1.68. The maximum atomic E-state index is 10.8. The fourth-order valence-electron chi connectivity index (χ4n) is 0.534. The number of ether oxygens (including phenoxy) is 1. The third-order valence-corrected chi connectivity index (χ3v) is 1.09. The number of aromatic nitrogens is 3. The van der Waals surface area contributed by atoms with Crippen LogP contribution >= 0.6 is 11.8 Å². The minimum absolute atomic E-state index is 0.0261. The second-order valence-corrected chi connectivity index (χ2v) is 2.02. The van der Waals surface area contributed by atoms with Crippen molar-refractivity contribution in [2.45, 2.75) is 6.92 Å². The van der Waals surface area contributed by atoms with Crippen LogP contribution in [0, 0.1) is 0 Å². The molecule has 5 nitrogen and oxygen atoms in total. The molecular weight excluding hydrogens is 170 g/mol. The van der Waals surface area contributed by atoms with Crippen LogP contribution in [0.4, 0.5) is 0 Å². The van der Waals surface area contributed by atoms with Crippen molar-refractivity contribution in [1.29, 1.82) is 0 Å². The molecule has 1 rings (SSSR count). The predicted octanol–water partition coefficient (Wildman–Crippen LogP) is 0.457. The van der Waals surface area contributed by atoms with Crippen LogP contribution in [0.3, 0.4) is 0 Å². The van der Waals surface area contributed by atoms with Gasteiger partial charge in [-0.3, -0.25) is 0 Å². The van der Waals surface area contributed by atoms with Gasteiger partial charge in [-0.1, -0.05) is 0 Å². The number of nitrogens with zero attached hydrogens (tertiary/aromatic N) is 3. The molecule has 1 aromatic rings. The molecule has 0 N–H and O–H groups in total. The van der Waals surface area contributed by atoms with Crippen LogP contribution < -0.4 is 0 Å². The average molecular weight is 176 g/mol. The van der Waals surface area contributed by atoms with Crippen molar-refractivity contribution in [1.82, 2.24) is 14.3 Å². The lowest BCUT2D eigenvalue weighted by Crippen LogP contribution is -2.06. The highest BCUT2D eigenvalue weighted by molar-refractivity contribution is 6.14. The van der Waals surface area contributed by atoms with Crippen LogP contribution in [0.15, 0.2) is 6.33 Å². The van der Waals surface area contributed by atoms with Gasteiger partial charge in [-0.15, -0.1) is 5.10 Å². The molecule has 0 amide bonds. The number of halogens is 1. The summed E-state index contributed by atoms with van der Waals surface area (Å²) in [5.74, 6) is -0.589. The van der Waals surface area contributed by atoms with Gasteiger partial charge in [0, 0.05) is 11.8 Å². The summed E-state index contributed by atoms with van der Waals surface area (Å²) in [6.07, 6.45) is 1.22. The molecule has 6 heteroatoms. The summed E-state index contributed by atoms with van der Waals surface area (Å²) in [4.78, 5) is 14.4. The number of esters is 1. The van der Waals surface area contributed by atoms with Gasteiger partial charge in [0.15, 0.2) is 0 Å². The Bertz CT molecular complexity index is 260. The molecule has 0 unspecified atom stereocenters. The maximum Gasteiger partial charge on any atom is 0.378 e. The number of carbonyl (C=O) groups is 1. The summed E-state index contributed by atoms with van der Waals surface area (Å²) in [7, 11) is 0. The third kappa shape index (κ3) is 1.91. The van der Waals surface area contributed by atoms with Crippen LogP contribution in [0.25, 0.3) is 0 Å². The first kappa shape index (κ1) is 8.00. The molecule has 0 radical (unpaired) electrons. The molecule has 1 aromatic heterocycles. The monoisotopic (exact) mass is 175 g/mol.